The zero-order chi connectivity index (χ0) is 15.0. The van der Waals surface area contributed by atoms with Crippen molar-refractivity contribution < 1.29 is 19.4 Å². The number of nitrogens with one attached hydrogen (secondary N) is 2. The number of aliphatic carboxylic acids is 1. The van der Waals surface area contributed by atoms with E-state index in [9.17, 15) is 9.59 Å². The minimum atomic E-state index is -1.14. The molecule has 0 saturated carbocycles. The highest BCUT2D eigenvalue weighted by Gasteiger charge is 2.19. The molecule has 106 valence electrons. The van der Waals surface area contributed by atoms with Gasteiger partial charge in [0.25, 0.3) is 0 Å². The van der Waals surface area contributed by atoms with Gasteiger partial charge in [-0.15, -0.1) is 0 Å². The van der Waals surface area contributed by atoms with Crippen molar-refractivity contribution in [2.24, 2.45) is 0 Å². The molecule has 0 fully saturated rings. The summed E-state index contributed by atoms with van der Waals surface area (Å²) >= 11 is 0. The molecule has 0 aliphatic rings. The van der Waals surface area contributed by atoms with E-state index in [-0.39, 0.29) is 13.0 Å². The number of carbonyl (C=O) groups excluding carboxylic acids is 1. The van der Waals surface area contributed by atoms with Crippen LogP contribution in [0.15, 0.2) is 24.3 Å². The number of carboxylic acid groups (broad SMARTS) is 1. The Morgan fingerprint density at radius 1 is 1.50 bits per heavy atom. The fourth-order valence-electron chi connectivity index (χ4n) is 1.49. The quantitative estimate of drug-likeness (QED) is 0.722. The fourth-order valence-corrected chi connectivity index (χ4v) is 1.49. The van der Waals surface area contributed by atoms with Gasteiger partial charge >= 0.3 is 12.0 Å². The Hall–Kier alpha value is -2.59. The maximum absolute atomic E-state index is 11.7. The van der Waals surface area contributed by atoms with Gasteiger partial charge in [0.2, 0.25) is 0 Å². The maximum Gasteiger partial charge on any atom is 0.326 e. The lowest BCUT2D eigenvalue weighted by Gasteiger charge is -2.14. The number of benzene rings is 1. The minimum Gasteiger partial charge on any atom is -0.480 e. The first-order valence-corrected chi connectivity index (χ1v) is 5.86. The van der Waals surface area contributed by atoms with Gasteiger partial charge < -0.3 is 20.5 Å². The van der Waals surface area contributed by atoms with Crippen molar-refractivity contribution in [1.82, 2.24) is 5.32 Å². The number of hydrogen-bond donors (Lipinski definition) is 3. The van der Waals surface area contributed by atoms with E-state index in [1.807, 2.05) is 6.07 Å². The zero-order valence-corrected chi connectivity index (χ0v) is 10.9. The molecule has 0 aliphatic heterocycles. The van der Waals surface area contributed by atoms with Crippen LogP contribution in [0.1, 0.15) is 12.0 Å². The van der Waals surface area contributed by atoms with Crippen LogP contribution in [0.5, 0.6) is 0 Å². The second kappa shape index (κ2) is 7.76. The Bertz CT molecular complexity index is 525. The second-order valence-corrected chi connectivity index (χ2v) is 3.96. The van der Waals surface area contributed by atoms with Gasteiger partial charge in [0.1, 0.15) is 6.04 Å². The van der Waals surface area contributed by atoms with E-state index in [1.165, 1.54) is 13.2 Å². The summed E-state index contributed by atoms with van der Waals surface area (Å²) in [5.41, 5.74) is 0.814. The van der Waals surface area contributed by atoms with E-state index in [0.717, 1.165) is 0 Å². The lowest BCUT2D eigenvalue weighted by atomic mass is 10.2. The summed E-state index contributed by atoms with van der Waals surface area (Å²) in [4.78, 5) is 22.6. The molecule has 0 radical (unpaired) electrons. The van der Waals surface area contributed by atoms with Crippen LogP contribution in [-0.4, -0.2) is 36.9 Å². The van der Waals surface area contributed by atoms with Crippen LogP contribution in [0.25, 0.3) is 0 Å². The van der Waals surface area contributed by atoms with Crippen molar-refractivity contribution in [2.45, 2.75) is 12.5 Å². The minimum absolute atomic E-state index is 0.164. The van der Waals surface area contributed by atoms with Gasteiger partial charge in [0, 0.05) is 25.8 Å². The molecule has 0 saturated heterocycles. The summed E-state index contributed by atoms with van der Waals surface area (Å²) in [6, 6.07) is 6.57. The Morgan fingerprint density at radius 2 is 2.25 bits per heavy atom. The summed E-state index contributed by atoms with van der Waals surface area (Å²) in [6.45, 7) is 0.223. The van der Waals surface area contributed by atoms with E-state index >= 15 is 0 Å². The molecule has 1 atom stereocenters. The van der Waals surface area contributed by atoms with Crippen molar-refractivity contribution >= 4 is 17.7 Å². The van der Waals surface area contributed by atoms with E-state index in [0.29, 0.717) is 11.3 Å². The molecule has 0 aromatic heterocycles. The van der Waals surface area contributed by atoms with Gasteiger partial charge in [-0.1, -0.05) is 6.07 Å². The number of amides is 2. The summed E-state index contributed by atoms with van der Waals surface area (Å²) in [5, 5.41) is 22.5. The number of hydrogen-bond acceptors (Lipinski definition) is 4. The lowest BCUT2D eigenvalue weighted by molar-refractivity contribution is -0.139. The summed E-state index contributed by atoms with van der Waals surface area (Å²) in [6.07, 6.45) is 0.164. The van der Waals surface area contributed by atoms with Crippen LogP contribution in [0.3, 0.4) is 0 Å². The van der Waals surface area contributed by atoms with Gasteiger partial charge in [-0.05, 0) is 18.2 Å². The van der Waals surface area contributed by atoms with Crippen LogP contribution in [0.2, 0.25) is 0 Å². The molecule has 1 aromatic carbocycles. The standard InChI is InChI=1S/C13H15N3O4/c1-20-6-5-11(12(17)18)16-13(19)15-10-4-2-3-9(7-10)8-14/h2-4,7,11H,5-6H2,1H3,(H,17,18)(H2,15,16,19). The number of carbonyl (C=O) groups is 2. The third-order valence-corrected chi connectivity index (χ3v) is 2.46. The van der Waals surface area contributed by atoms with Gasteiger partial charge in [0.05, 0.1) is 11.6 Å². The number of urea groups is 1. The Morgan fingerprint density at radius 3 is 2.85 bits per heavy atom. The molecule has 0 heterocycles. The number of ether oxygens (including phenoxy) is 1. The van der Waals surface area contributed by atoms with E-state index in [2.05, 4.69) is 10.6 Å². The zero-order valence-electron chi connectivity index (χ0n) is 10.9. The highest BCUT2D eigenvalue weighted by Crippen LogP contribution is 2.09. The number of anilines is 1. The first-order valence-electron chi connectivity index (χ1n) is 5.86. The average Bonchev–Trinajstić information content (AvgIpc) is 2.43. The smallest absolute Gasteiger partial charge is 0.326 e. The molecule has 0 aliphatic carbocycles. The van der Waals surface area contributed by atoms with E-state index in [1.54, 1.807) is 18.2 Å². The van der Waals surface area contributed by atoms with Gasteiger partial charge in [-0.3, -0.25) is 0 Å². The Kier molecular flexibility index (Phi) is 6.00. The van der Waals surface area contributed by atoms with Crippen molar-refractivity contribution in [2.75, 3.05) is 19.0 Å². The summed E-state index contributed by atoms with van der Waals surface area (Å²) in [5.74, 6) is -1.14. The Labute approximate surface area is 116 Å². The number of nitriles is 1. The van der Waals surface area contributed by atoms with Crippen LogP contribution in [-0.2, 0) is 9.53 Å². The second-order valence-electron chi connectivity index (χ2n) is 3.96. The molecule has 3 N–H and O–H groups in total. The molecule has 1 rings (SSSR count). The van der Waals surface area contributed by atoms with Gasteiger partial charge in [-0.25, -0.2) is 9.59 Å². The van der Waals surface area contributed by atoms with E-state index in [4.69, 9.17) is 15.1 Å². The molecule has 20 heavy (non-hydrogen) atoms. The Balaban J connectivity index is 2.61. The van der Waals surface area contributed by atoms with E-state index < -0.39 is 18.0 Å². The molecular formula is C13H15N3O4. The van der Waals surface area contributed by atoms with Crippen LogP contribution < -0.4 is 10.6 Å². The molecule has 2 amide bonds. The third-order valence-electron chi connectivity index (χ3n) is 2.46. The molecular weight excluding hydrogens is 262 g/mol. The predicted octanol–water partition coefficient (Wildman–Crippen LogP) is 1.17. The van der Waals surface area contributed by atoms with Gasteiger partial charge in [0.15, 0.2) is 0 Å². The molecule has 0 bridgehead atoms. The topological polar surface area (TPSA) is 111 Å². The molecule has 7 heteroatoms. The largest absolute Gasteiger partial charge is 0.480 e. The highest BCUT2D eigenvalue weighted by molar-refractivity contribution is 5.92. The van der Waals surface area contributed by atoms with Crippen molar-refractivity contribution in [3.8, 4) is 6.07 Å². The first kappa shape index (κ1) is 15.5. The monoisotopic (exact) mass is 277 g/mol. The number of nitrogens with zero attached hydrogens (tertiary/aromatic N) is 1. The van der Waals surface area contributed by atoms with Crippen molar-refractivity contribution in [3.63, 3.8) is 0 Å². The molecule has 1 aromatic rings. The number of carboxylic acids is 1. The normalized spacial score (nSPS) is 11.2. The number of methoxy groups -OCH3 is 1. The average molecular weight is 277 g/mol. The van der Waals surface area contributed by atoms with Crippen LogP contribution in [0.4, 0.5) is 10.5 Å². The van der Waals surface area contributed by atoms with Crippen molar-refractivity contribution in [1.29, 1.82) is 5.26 Å². The summed E-state index contributed by atoms with van der Waals surface area (Å²) < 4.78 is 4.78. The predicted molar refractivity (Wildman–Crippen MR) is 71.2 cm³/mol. The van der Waals surface area contributed by atoms with Gasteiger partial charge in [-0.2, -0.15) is 5.26 Å². The van der Waals surface area contributed by atoms with Crippen LogP contribution >= 0.6 is 0 Å². The molecule has 0 spiro atoms. The number of rotatable bonds is 6. The van der Waals surface area contributed by atoms with Crippen molar-refractivity contribution in [3.05, 3.63) is 29.8 Å². The maximum atomic E-state index is 11.7. The SMILES string of the molecule is COCCC(NC(=O)Nc1cccc(C#N)c1)C(=O)O. The van der Waals surface area contributed by atoms with Crippen LogP contribution in [0, 0.1) is 11.3 Å². The fraction of sp³-hybridized carbons (Fsp3) is 0.308. The lowest BCUT2D eigenvalue weighted by Crippen LogP contribution is -2.43. The molecule has 1 unspecified atom stereocenters. The third kappa shape index (κ3) is 4.96. The first-order chi connectivity index (χ1) is 9.56. The molecule has 7 nitrogen and oxygen atoms in total. The summed E-state index contributed by atoms with van der Waals surface area (Å²) in [7, 11) is 1.45. The highest BCUT2D eigenvalue weighted by atomic mass is 16.5.